The Morgan fingerprint density at radius 2 is 0.690 bits per heavy atom. The van der Waals surface area contributed by atoms with Gasteiger partial charge in [0.2, 0.25) is 0 Å². The van der Waals surface area contributed by atoms with Gasteiger partial charge in [0.05, 0.1) is 6.10 Å². The Hall–Kier alpha value is -5.38. The van der Waals surface area contributed by atoms with Crippen LogP contribution in [0.4, 0.5) is 34.1 Å². The van der Waals surface area contributed by atoms with Crippen LogP contribution in [0.25, 0.3) is 6.08 Å². The van der Waals surface area contributed by atoms with E-state index < -0.39 is 6.10 Å². The van der Waals surface area contributed by atoms with Gasteiger partial charge in [-0.25, -0.2) is 0 Å². The first-order valence-electron chi connectivity index (χ1n) is 14.1. The van der Waals surface area contributed by atoms with Gasteiger partial charge in [-0.1, -0.05) is 109 Å². The van der Waals surface area contributed by atoms with Crippen LogP contribution in [0, 0.1) is 0 Å². The summed E-state index contributed by atoms with van der Waals surface area (Å²) in [4.78, 5) is 4.44. The highest BCUT2D eigenvalue weighted by Gasteiger charge is 2.13. The van der Waals surface area contributed by atoms with E-state index in [0.717, 1.165) is 45.3 Å². The summed E-state index contributed by atoms with van der Waals surface area (Å²) < 4.78 is 0. The van der Waals surface area contributed by atoms with E-state index in [1.807, 2.05) is 72.8 Å². The van der Waals surface area contributed by atoms with Gasteiger partial charge in [0.15, 0.2) is 0 Å². The number of aliphatic hydroxyl groups excluding tert-OH is 1. The van der Waals surface area contributed by atoms with Crippen molar-refractivity contribution < 1.29 is 5.11 Å². The molecule has 6 rings (SSSR count). The first-order chi connectivity index (χ1) is 20.8. The summed E-state index contributed by atoms with van der Waals surface area (Å²) in [6.45, 7) is 0. The molecule has 1 N–H and O–H groups in total. The SMILES string of the molecule is OC(C=Cc1ccc(N(c2ccccc2)c2ccccc2)cc1)c1ccc(N(c2ccccc2)c2ccccc2)cc1. The van der Waals surface area contributed by atoms with Gasteiger partial charge in [0.1, 0.15) is 0 Å². The molecule has 0 heterocycles. The zero-order valence-corrected chi connectivity index (χ0v) is 23.2. The molecular formula is C39H32N2O. The van der Waals surface area contributed by atoms with Crippen LogP contribution in [0.5, 0.6) is 0 Å². The first-order valence-corrected chi connectivity index (χ1v) is 14.1. The number of rotatable bonds is 9. The van der Waals surface area contributed by atoms with Gasteiger partial charge in [-0.3, -0.25) is 0 Å². The lowest BCUT2D eigenvalue weighted by Crippen LogP contribution is -2.09. The predicted octanol–water partition coefficient (Wildman–Crippen LogP) is 10.4. The third kappa shape index (κ3) is 6.17. The monoisotopic (exact) mass is 544 g/mol. The highest BCUT2D eigenvalue weighted by Crippen LogP contribution is 2.36. The number of hydrogen-bond donors (Lipinski definition) is 1. The van der Waals surface area contributed by atoms with Crippen LogP contribution in [0.15, 0.2) is 176 Å². The molecule has 1 atom stereocenters. The Labute approximate surface area is 247 Å². The van der Waals surface area contributed by atoms with Crippen molar-refractivity contribution in [3.8, 4) is 0 Å². The maximum absolute atomic E-state index is 11.0. The zero-order chi connectivity index (χ0) is 28.6. The fraction of sp³-hybridized carbons (Fsp3) is 0.0256. The van der Waals surface area contributed by atoms with Crippen molar-refractivity contribution in [2.75, 3.05) is 9.80 Å². The van der Waals surface area contributed by atoms with Crippen LogP contribution in [0.2, 0.25) is 0 Å². The van der Waals surface area contributed by atoms with Crippen molar-refractivity contribution >= 4 is 40.2 Å². The third-order valence-electron chi connectivity index (χ3n) is 7.17. The molecule has 0 aliphatic carbocycles. The minimum absolute atomic E-state index is 0.717. The molecule has 3 nitrogen and oxygen atoms in total. The molecule has 0 spiro atoms. The second kappa shape index (κ2) is 12.9. The van der Waals surface area contributed by atoms with Crippen molar-refractivity contribution in [3.05, 3.63) is 187 Å². The quantitative estimate of drug-likeness (QED) is 0.196. The molecule has 3 heteroatoms. The van der Waals surface area contributed by atoms with E-state index in [4.69, 9.17) is 0 Å². The number of para-hydroxylation sites is 4. The molecule has 42 heavy (non-hydrogen) atoms. The predicted molar refractivity (Wildman–Crippen MR) is 176 cm³/mol. The fourth-order valence-electron chi connectivity index (χ4n) is 5.07. The molecule has 6 aromatic carbocycles. The zero-order valence-electron chi connectivity index (χ0n) is 23.2. The van der Waals surface area contributed by atoms with Gasteiger partial charge in [0.25, 0.3) is 0 Å². The first kappa shape index (κ1) is 26.8. The van der Waals surface area contributed by atoms with Crippen LogP contribution in [0.3, 0.4) is 0 Å². The summed E-state index contributed by atoms with van der Waals surface area (Å²) in [6, 6.07) is 57.8. The second-order valence-corrected chi connectivity index (χ2v) is 10.0. The topological polar surface area (TPSA) is 26.7 Å². The van der Waals surface area contributed by atoms with E-state index in [-0.39, 0.29) is 0 Å². The number of benzene rings is 6. The normalized spacial score (nSPS) is 11.7. The van der Waals surface area contributed by atoms with Gasteiger partial charge in [-0.15, -0.1) is 0 Å². The summed E-state index contributed by atoms with van der Waals surface area (Å²) >= 11 is 0. The molecule has 0 bridgehead atoms. The minimum atomic E-state index is -0.717. The molecule has 0 aromatic heterocycles. The van der Waals surface area contributed by atoms with Crippen LogP contribution in [-0.4, -0.2) is 5.11 Å². The number of aliphatic hydroxyl groups is 1. The Balaban J connectivity index is 1.19. The number of anilines is 6. The summed E-state index contributed by atoms with van der Waals surface area (Å²) in [7, 11) is 0. The minimum Gasteiger partial charge on any atom is -0.384 e. The smallest absolute Gasteiger partial charge is 0.0975 e. The molecule has 0 radical (unpaired) electrons. The highest BCUT2D eigenvalue weighted by molar-refractivity contribution is 5.78. The Bertz CT molecular complexity index is 1620. The molecule has 6 aromatic rings. The average Bonchev–Trinajstić information content (AvgIpc) is 3.07. The van der Waals surface area contributed by atoms with Gasteiger partial charge < -0.3 is 14.9 Å². The van der Waals surface area contributed by atoms with Crippen LogP contribution in [0.1, 0.15) is 17.2 Å². The third-order valence-corrected chi connectivity index (χ3v) is 7.17. The van der Waals surface area contributed by atoms with Crippen molar-refractivity contribution in [2.24, 2.45) is 0 Å². The largest absolute Gasteiger partial charge is 0.384 e. The van der Waals surface area contributed by atoms with Crippen molar-refractivity contribution in [2.45, 2.75) is 6.10 Å². The number of nitrogens with zero attached hydrogens (tertiary/aromatic N) is 2. The standard InChI is InChI=1S/C39H32N2O/c42-39(32-24-28-38(29-25-32)41(35-17-9-3-10-18-35)36-19-11-4-12-20-36)30-23-31-21-26-37(27-22-31)40(33-13-5-1-6-14-33)34-15-7-2-8-16-34/h1-30,39,42H. The van der Waals surface area contributed by atoms with E-state index in [0.29, 0.717) is 0 Å². The molecule has 204 valence electrons. The van der Waals surface area contributed by atoms with E-state index >= 15 is 0 Å². The molecule has 1 unspecified atom stereocenters. The highest BCUT2D eigenvalue weighted by atomic mass is 16.3. The van der Waals surface area contributed by atoms with Crippen molar-refractivity contribution in [1.29, 1.82) is 0 Å². The summed E-state index contributed by atoms with van der Waals surface area (Å²) in [5.74, 6) is 0. The fourth-order valence-corrected chi connectivity index (χ4v) is 5.07. The van der Waals surface area contributed by atoms with E-state index in [1.165, 1.54) is 0 Å². The van der Waals surface area contributed by atoms with Gasteiger partial charge in [0, 0.05) is 34.1 Å². The lowest BCUT2D eigenvalue weighted by molar-refractivity contribution is 0.229. The molecule has 0 aliphatic rings. The van der Waals surface area contributed by atoms with Crippen molar-refractivity contribution in [1.82, 2.24) is 0 Å². The average molecular weight is 545 g/mol. The lowest BCUT2D eigenvalue weighted by atomic mass is 10.1. The lowest BCUT2D eigenvalue weighted by Gasteiger charge is -2.25. The van der Waals surface area contributed by atoms with E-state index in [9.17, 15) is 5.11 Å². The molecule has 0 amide bonds. The molecule has 0 saturated heterocycles. The Morgan fingerprint density at radius 3 is 1.05 bits per heavy atom. The molecule has 0 fully saturated rings. The summed E-state index contributed by atoms with van der Waals surface area (Å²) in [6.07, 6.45) is 3.09. The summed E-state index contributed by atoms with van der Waals surface area (Å²) in [5.41, 5.74) is 8.33. The van der Waals surface area contributed by atoms with Crippen LogP contribution < -0.4 is 9.80 Å². The van der Waals surface area contributed by atoms with Crippen molar-refractivity contribution in [3.63, 3.8) is 0 Å². The van der Waals surface area contributed by atoms with Crippen LogP contribution in [-0.2, 0) is 0 Å². The van der Waals surface area contributed by atoms with Gasteiger partial charge in [-0.05, 0) is 83.9 Å². The molecule has 0 aliphatic heterocycles. The van der Waals surface area contributed by atoms with Gasteiger partial charge >= 0.3 is 0 Å². The Morgan fingerprint density at radius 1 is 0.381 bits per heavy atom. The maximum Gasteiger partial charge on any atom is 0.0975 e. The maximum atomic E-state index is 11.0. The van der Waals surface area contributed by atoms with Gasteiger partial charge in [-0.2, -0.15) is 0 Å². The summed E-state index contributed by atoms with van der Waals surface area (Å²) in [5, 5.41) is 11.0. The number of hydrogen-bond acceptors (Lipinski definition) is 3. The van der Waals surface area contributed by atoms with Crippen LogP contribution >= 0.6 is 0 Å². The Kier molecular flexibility index (Phi) is 8.21. The molecule has 0 saturated carbocycles. The van der Waals surface area contributed by atoms with E-state index in [2.05, 4.69) is 119 Å². The molecular weight excluding hydrogens is 512 g/mol. The second-order valence-electron chi connectivity index (χ2n) is 10.0. The van der Waals surface area contributed by atoms with E-state index in [1.54, 1.807) is 0 Å².